The summed E-state index contributed by atoms with van der Waals surface area (Å²) in [5.41, 5.74) is 13.0. The molecular formula is C45H52N4O9. The van der Waals surface area contributed by atoms with Crippen LogP contribution in [0.1, 0.15) is 54.7 Å². The predicted octanol–water partition coefficient (Wildman–Crippen LogP) is 8.68. The van der Waals surface area contributed by atoms with Crippen molar-refractivity contribution < 1.29 is 42.7 Å². The number of carbonyl (C=O) groups excluding carboxylic acids is 2. The molecule has 13 heteroatoms. The first kappa shape index (κ1) is 42.3. The Balaban J connectivity index is 1.21. The molecule has 13 nitrogen and oxygen atoms in total. The van der Waals surface area contributed by atoms with Crippen LogP contribution in [0.15, 0.2) is 126 Å². The lowest BCUT2D eigenvalue weighted by atomic mass is 9.83. The summed E-state index contributed by atoms with van der Waals surface area (Å²) in [5.74, 6) is -1.15. The van der Waals surface area contributed by atoms with Crippen LogP contribution in [0, 0.1) is 17.8 Å². The van der Waals surface area contributed by atoms with Gasteiger partial charge in [-0.2, -0.15) is 0 Å². The smallest absolute Gasteiger partial charge is 0.412 e. The van der Waals surface area contributed by atoms with Crippen LogP contribution in [0.2, 0.25) is 0 Å². The Morgan fingerprint density at radius 2 is 1.29 bits per heavy atom. The number of amides is 1. The van der Waals surface area contributed by atoms with Crippen molar-refractivity contribution in [3.63, 3.8) is 0 Å². The molecule has 58 heavy (non-hydrogen) atoms. The van der Waals surface area contributed by atoms with Crippen molar-refractivity contribution >= 4 is 12.1 Å². The summed E-state index contributed by atoms with van der Waals surface area (Å²) in [5, 5.41) is 4.13. The number of carbonyl (C=O) groups is 2. The van der Waals surface area contributed by atoms with Crippen LogP contribution in [0.25, 0.3) is 10.4 Å². The first-order valence-corrected chi connectivity index (χ1v) is 19.7. The minimum absolute atomic E-state index is 0.0729. The van der Waals surface area contributed by atoms with E-state index < -0.39 is 55.1 Å². The maximum absolute atomic E-state index is 13.5. The van der Waals surface area contributed by atoms with Gasteiger partial charge in [0, 0.05) is 16.7 Å². The molecule has 2 aliphatic rings. The van der Waals surface area contributed by atoms with Gasteiger partial charge >= 0.3 is 12.1 Å². The van der Waals surface area contributed by atoms with Crippen molar-refractivity contribution in [2.45, 2.75) is 90.5 Å². The van der Waals surface area contributed by atoms with Gasteiger partial charge < -0.3 is 33.2 Å². The van der Waals surface area contributed by atoms with E-state index in [0.29, 0.717) is 12.2 Å². The van der Waals surface area contributed by atoms with Crippen LogP contribution >= 0.6 is 0 Å². The molecule has 306 valence electrons. The Morgan fingerprint density at radius 3 is 1.91 bits per heavy atom. The number of hydrogen-bond acceptors (Lipinski definition) is 10. The topological polar surface area (TPSA) is 151 Å². The lowest BCUT2D eigenvalue weighted by Gasteiger charge is -2.48. The van der Waals surface area contributed by atoms with E-state index in [-0.39, 0.29) is 44.2 Å². The van der Waals surface area contributed by atoms with Gasteiger partial charge in [0.1, 0.15) is 19.4 Å². The Kier molecular flexibility index (Phi) is 15.3. The van der Waals surface area contributed by atoms with Crippen molar-refractivity contribution in [2.24, 2.45) is 22.9 Å². The van der Waals surface area contributed by atoms with Crippen LogP contribution in [0.4, 0.5) is 4.79 Å². The molecule has 0 aliphatic carbocycles. The first-order chi connectivity index (χ1) is 28.2. The number of hydrogen-bond donors (Lipinski definition) is 0. The third kappa shape index (κ3) is 11.2. The fraction of sp³-hybridized carbons (Fsp3) is 0.422. The summed E-state index contributed by atoms with van der Waals surface area (Å²) >= 11 is 0. The third-order valence-electron chi connectivity index (χ3n) is 10.9. The molecule has 10 atom stereocenters. The summed E-state index contributed by atoms with van der Waals surface area (Å²) in [6, 6.07) is 36.5. The molecule has 6 rings (SSSR count). The second kappa shape index (κ2) is 20.9. The molecule has 0 aromatic heterocycles. The van der Waals surface area contributed by atoms with Gasteiger partial charge in [0.15, 0.2) is 18.7 Å². The van der Waals surface area contributed by atoms with Crippen LogP contribution in [0.5, 0.6) is 0 Å². The van der Waals surface area contributed by atoms with E-state index in [1.165, 1.54) is 4.90 Å². The van der Waals surface area contributed by atoms with E-state index in [1.807, 2.05) is 125 Å². The maximum Gasteiger partial charge on any atom is 0.412 e. The molecule has 2 saturated heterocycles. The van der Waals surface area contributed by atoms with Crippen LogP contribution in [-0.2, 0) is 52.9 Å². The Morgan fingerprint density at radius 1 is 0.707 bits per heavy atom. The monoisotopic (exact) mass is 792 g/mol. The highest BCUT2D eigenvalue weighted by Gasteiger charge is 2.50. The van der Waals surface area contributed by atoms with Crippen molar-refractivity contribution in [1.29, 1.82) is 0 Å². The minimum Gasteiger partial charge on any atom is -0.453 e. The lowest BCUT2D eigenvalue weighted by Crippen LogP contribution is -2.59. The molecule has 0 bridgehead atoms. The van der Waals surface area contributed by atoms with Gasteiger partial charge in [-0.05, 0) is 47.2 Å². The van der Waals surface area contributed by atoms with Crippen LogP contribution in [-0.4, -0.2) is 73.3 Å². The quantitative estimate of drug-likeness (QED) is 0.0357. The first-order valence-electron chi connectivity index (χ1n) is 19.7. The molecule has 2 fully saturated rings. The van der Waals surface area contributed by atoms with Gasteiger partial charge in [-0.1, -0.05) is 135 Å². The summed E-state index contributed by atoms with van der Waals surface area (Å²) in [6.45, 7) is 8.52. The van der Waals surface area contributed by atoms with Crippen molar-refractivity contribution in [1.82, 2.24) is 4.90 Å². The van der Waals surface area contributed by atoms with Gasteiger partial charge in [-0.25, -0.2) is 9.59 Å². The largest absolute Gasteiger partial charge is 0.453 e. The summed E-state index contributed by atoms with van der Waals surface area (Å²) in [4.78, 5) is 31.6. The number of benzene rings is 4. The van der Waals surface area contributed by atoms with Gasteiger partial charge in [-0.3, -0.25) is 4.90 Å². The van der Waals surface area contributed by atoms with Crippen molar-refractivity contribution in [3.8, 4) is 0 Å². The Bertz CT molecular complexity index is 1920. The summed E-state index contributed by atoms with van der Waals surface area (Å²) in [7, 11) is 0. The fourth-order valence-corrected chi connectivity index (χ4v) is 7.12. The SMILES string of the molecule is CC1O[C@@H](OCN(Cc2ccccc2)C(=O)OCc2ccccc2)C(N=[N+]=[N-])[C@@H](O[C@@H]2OC(COCc3ccccc3)[C@@H](C)[C@H](C)C2OC(=O)c2ccccc2)[C@@H]1C. The predicted molar refractivity (Wildman–Crippen MR) is 215 cm³/mol. The molecule has 2 aliphatic heterocycles. The van der Waals surface area contributed by atoms with Gasteiger partial charge in [0.2, 0.25) is 0 Å². The zero-order valence-corrected chi connectivity index (χ0v) is 33.3. The number of rotatable bonds is 16. The molecule has 0 radical (unpaired) electrons. The molecule has 1 amide bonds. The molecular weight excluding hydrogens is 741 g/mol. The number of nitrogens with zero attached hydrogens (tertiary/aromatic N) is 4. The van der Waals surface area contributed by atoms with Crippen molar-refractivity contribution in [2.75, 3.05) is 13.3 Å². The Labute approximate surface area is 339 Å². The van der Waals surface area contributed by atoms with E-state index in [9.17, 15) is 15.1 Å². The second-order valence-electron chi connectivity index (χ2n) is 14.9. The maximum atomic E-state index is 13.5. The van der Waals surface area contributed by atoms with E-state index in [1.54, 1.807) is 24.3 Å². The number of ether oxygens (including phenoxy) is 7. The summed E-state index contributed by atoms with van der Waals surface area (Å²) < 4.78 is 44.1. The molecule has 0 N–H and O–H groups in total. The molecule has 4 unspecified atom stereocenters. The number of esters is 1. The minimum atomic E-state index is -1.12. The van der Waals surface area contributed by atoms with Crippen LogP contribution in [0.3, 0.4) is 0 Å². The average molecular weight is 793 g/mol. The van der Waals surface area contributed by atoms with E-state index in [0.717, 1.165) is 16.7 Å². The zero-order chi connectivity index (χ0) is 40.9. The molecule has 2 heterocycles. The van der Waals surface area contributed by atoms with Crippen molar-refractivity contribution in [3.05, 3.63) is 154 Å². The molecule has 4 aromatic rings. The molecule has 4 aromatic carbocycles. The molecule has 0 spiro atoms. The van der Waals surface area contributed by atoms with Gasteiger partial charge in [-0.15, -0.1) is 0 Å². The molecule has 0 saturated carbocycles. The highest BCUT2D eigenvalue weighted by molar-refractivity contribution is 5.89. The third-order valence-corrected chi connectivity index (χ3v) is 10.9. The zero-order valence-electron chi connectivity index (χ0n) is 33.3. The summed E-state index contributed by atoms with van der Waals surface area (Å²) in [6.07, 6.45) is -5.29. The van der Waals surface area contributed by atoms with E-state index in [4.69, 9.17) is 33.2 Å². The lowest BCUT2D eigenvalue weighted by molar-refractivity contribution is -0.323. The normalized spacial score (nSPS) is 26.8. The number of azide groups is 1. The highest BCUT2D eigenvalue weighted by Crippen LogP contribution is 2.38. The van der Waals surface area contributed by atoms with E-state index >= 15 is 0 Å². The average Bonchev–Trinajstić information content (AvgIpc) is 3.25. The second-order valence-corrected chi connectivity index (χ2v) is 14.9. The fourth-order valence-electron chi connectivity index (χ4n) is 7.12. The van der Waals surface area contributed by atoms with E-state index in [2.05, 4.69) is 10.0 Å². The highest BCUT2D eigenvalue weighted by atomic mass is 16.7. The van der Waals surface area contributed by atoms with Gasteiger partial charge in [0.05, 0.1) is 43.6 Å². The standard InChI is InChI=1S/C45H52N4O9/c1-30-31(2)41(57-42(50)37-23-15-8-16-24-37)44(56-38(30)28-52-26-35-19-11-6-12-20-35)58-40-32(3)33(4)55-43(39(40)47-48-46)54-29-49(25-34-17-9-5-10-18-34)45(51)53-27-36-21-13-7-14-22-36/h5-24,30-33,38-41,43-44H,25-29H2,1-4H3/t30-,31-,32+,33?,38?,39?,40-,41?,43+,44-/m0/s1. The van der Waals surface area contributed by atoms with Gasteiger partial charge in [0.25, 0.3) is 0 Å². The Hall–Kier alpha value is -5.27. The van der Waals surface area contributed by atoms with Crippen LogP contribution < -0.4 is 0 Å².